The van der Waals surface area contributed by atoms with Gasteiger partial charge < -0.3 is 23.9 Å². The smallest absolute Gasteiger partial charge is 0.278 e. The van der Waals surface area contributed by atoms with Gasteiger partial charge in [-0.25, -0.2) is 0 Å². The van der Waals surface area contributed by atoms with Crippen LogP contribution in [0.3, 0.4) is 0 Å². The summed E-state index contributed by atoms with van der Waals surface area (Å²) < 4.78 is 21.8. The van der Waals surface area contributed by atoms with E-state index < -0.39 is 11.8 Å². The molecular formula is C25H22N2O6. The van der Waals surface area contributed by atoms with E-state index in [1.807, 2.05) is 6.92 Å². The summed E-state index contributed by atoms with van der Waals surface area (Å²) in [5.41, 5.74) is 1.69. The van der Waals surface area contributed by atoms with Gasteiger partial charge in [-0.2, -0.15) is 0 Å². The van der Waals surface area contributed by atoms with Gasteiger partial charge in [0.2, 0.25) is 6.79 Å². The number of fused-ring (bicyclic) bond motifs is 1. The first kappa shape index (κ1) is 20.7. The number of hydrogen-bond donors (Lipinski definition) is 1. The average molecular weight is 446 g/mol. The van der Waals surface area contributed by atoms with Crippen molar-refractivity contribution in [3.63, 3.8) is 0 Å². The molecule has 0 saturated carbocycles. The van der Waals surface area contributed by atoms with Crippen LogP contribution in [0, 0.1) is 0 Å². The van der Waals surface area contributed by atoms with Crippen molar-refractivity contribution in [2.45, 2.75) is 19.9 Å². The highest BCUT2D eigenvalue weighted by Crippen LogP contribution is 2.37. The highest BCUT2D eigenvalue weighted by molar-refractivity contribution is 6.36. The highest BCUT2D eigenvalue weighted by Gasteiger charge is 2.39. The lowest BCUT2D eigenvalue weighted by Gasteiger charge is -2.13. The van der Waals surface area contributed by atoms with Gasteiger partial charge in [0.15, 0.2) is 11.5 Å². The molecule has 0 atom stereocenters. The quantitative estimate of drug-likeness (QED) is 0.519. The van der Waals surface area contributed by atoms with Crippen LogP contribution in [0.25, 0.3) is 5.57 Å². The lowest BCUT2D eigenvalue weighted by Crippen LogP contribution is -2.31. The predicted octanol–water partition coefficient (Wildman–Crippen LogP) is 4.19. The summed E-state index contributed by atoms with van der Waals surface area (Å²) in [5.74, 6) is 1.59. The van der Waals surface area contributed by atoms with Crippen molar-refractivity contribution in [3.05, 3.63) is 77.9 Å². The monoisotopic (exact) mass is 446 g/mol. The van der Waals surface area contributed by atoms with E-state index in [2.05, 4.69) is 5.32 Å². The van der Waals surface area contributed by atoms with Crippen LogP contribution < -0.4 is 19.5 Å². The normalized spacial score (nSPS) is 14.9. The third-order valence-electron chi connectivity index (χ3n) is 5.32. The van der Waals surface area contributed by atoms with Crippen LogP contribution in [0.15, 0.2) is 71.0 Å². The first-order chi connectivity index (χ1) is 16.1. The Hall–Kier alpha value is -4.20. The number of rotatable bonds is 8. The van der Waals surface area contributed by atoms with Crippen LogP contribution in [0.2, 0.25) is 0 Å². The maximum Gasteiger partial charge on any atom is 0.278 e. The molecule has 168 valence electrons. The summed E-state index contributed by atoms with van der Waals surface area (Å²) in [6, 6.07) is 15.9. The predicted molar refractivity (Wildman–Crippen MR) is 120 cm³/mol. The van der Waals surface area contributed by atoms with Crippen molar-refractivity contribution in [2.75, 3.05) is 18.7 Å². The van der Waals surface area contributed by atoms with Gasteiger partial charge in [0, 0.05) is 11.8 Å². The Morgan fingerprint density at radius 3 is 2.58 bits per heavy atom. The molecule has 0 saturated heterocycles. The molecule has 0 aliphatic carbocycles. The molecule has 0 spiro atoms. The Morgan fingerprint density at radius 1 is 1.00 bits per heavy atom. The molecule has 33 heavy (non-hydrogen) atoms. The van der Waals surface area contributed by atoms with E-state index in [9.17, 15) is 9.59 Å². The molecule has 2 aliphatic heterocycles. The Bertz CT molecular complexity index is 1210. The first-order valence-corrected chi connectivity index (χ1v) is 10.7. The number of nitrogens with one attached hydrogen (secondary N) is 1. The van der Waals surface area contributed by atoms with Crippen LogP contribution in [0.1, 0.15) is 24.7 Å². The molecule has 3 aromatic rings. The second-order valence-corrected chi connectivity index (χ2v) is 7.59. The summed E-state index contributed by atoms with van der Waals surface area (Å²) in [6.07, 6.45) is 2.40. The Morgan fingerprint density at radius 2 is 1.82 bits per heavy atom. The minimum absolute atomic E-state index is 0.0399. The second-order valence-electron chi connectivity index (χ2n) is 7.59. The molecule has 0 bridgehead atoms. The highest BCUT2D eigenvalue weighted by atomic mass is 16.7. The number of nitrogens with zero attached hydrogens (tertiary/aromatic N) is 1. The van der Waals surface area contributed by atoms with Gasteiger partial charge in [-0.15, -0.1) is 0 Å². The standard InChI is InChI=1S/C25H22N2O6/c1-2-11-30-18-8-5-16(6-9-18)22-23(26-17-7-10-20-21(13-17)33-15-32-20)25(29)27(24(22)28)14-19-4-3-12-31-19/h3-10,12-13,26H,2,11,14-15H2,1H3. The molecule has 0 fully saturated rings. The zero-order chi connectivity index (χ0) is 22.8. The fraction of sp³-hybridized carbons (Fsp3) is 0.200. The van der Waals surface area contributed by atoms with Crippen LogP contribution in [0.4, 0.5) is 5.69 Å². The molecule has 2 aromatic carbocycles. The molecule has 1 aromatic heterocycles. The van der Waals surface area contributed by atoms with Gasteiger partial charge >= 0.3 is 0 Å². The summed E-state index contributed by atoms with van der Waals surface area (Å²) in [4.78, 5) is 27.9. The summed E-state index contributed by atoms with van der Waals surface area (Å²) in [7, 11) is 0. The molecular weight excluding hydrogens is 424 g/mol. The molecule has 5 rings (SSSR count). The zero-order valence-electron chi connectivity index (χ0n) is 18.0. The molecule has 0 unspecified atom stereocenters. The van der Waals surface area contributed by atoms with Gasteiger partial charge in [0.25, 0.3) is 11.8 Å². The number of hydrogen-bond acceptors (Lipinski definition) is 7. The topological polar surface area (TPSA) is 90.2 Å². The molecule has 8 nitrogen and oxygen atoms in total. The van der Waals surface area contributed by atoms with E-state index in [-0.39, 0.29) is 24.6 Å². The van der Waals surface area contributed by atoms with Gasteiger partial charge in [-0.05, 0) is 48.4 Å². The van der Waals surface area contributed by atoms with E-state index >= 15 is 0 Å². The van der Waals surface area contributed by atoms with Crippen molar-refractivity contribution in [3.8, 4) is 17.2 Å². The van der Waals surface area contributed by atoms with Crippen molar-refractivity contribution >= 4 is 23.1 Å². The van der Waals surface area contributed by atoms with E-state index in [1.54, 1.807) is 54.6 Å². The number of anilines is 1. The van der Waals surface area contributed by atoms with Crippen molar-refractivity contribution < 1.29 is 28.2 Å². The van der Waals surface area contributed by atoms with E-state index in [1.165, 1.54) is 11.2 Å². The van der Waals surface area contributed by atoms with Crippen LogP contribution in [0.5, 0.6) is 17.2 Å². The van der Waals surface area contributed by atoms with E-state index in [0.29, 0.717) is 40.9 Å². The number of furan rings is 1. The van der Waals surface area contributed by atoms with Gasteiger partial charge in [0.05, 0.1) is 25.0 Å². The van der Waals surface area contributed by atoms with Crippen molar-refractivity contribution in [2.24, 2.45) is 0 Å². The summed E-state index contributed by atoms with van der Waals surface area (Å²) in [5, 5.41) is 3.13. The van der Waals surface area contributed by atoms with Crippen LogP contribution in [-0.4, -0.2) is 30.1 Å². The summed E-state index contributed by atoms with van der Waals surface area (Å²) >= 11 is 0. The fourth-order valence-corrected chi connectivity index (χ4v) is 3.72. The average Bonchev–Trinajstić information content (AvgIpc) is 3.56. The molecule has 3 heterocycles. The van der Waals surface area contributed by atoms with Crippen molar-refractivity contribution in [1.82, 2.24) is 4.90 Å². The molecule has 1 N–H and O–H groups in total. The molecule has 2 amide bonds. The minimum atomic E-state index is -0.435. The molecule has 2 aliphatic rings. The lowest BCUT2D eigenvalue weighted by molar-refractivity contribution is -0.137. The third kappa shape index (κ3) is 4.03. The maximum absolute atomic E-state index is 13.4. The van der Waals surface area contributed by atoms with Gasteiger partial charge in [0.1, 0.15) is 17.2 Å². The van der Waals surface area contributed by atoms with E-state index in [0.717, 1.165) is 6.42 Å². The van der Waals surface area contributed by atoms with Gasteiger partial charge in [-0.3, -0.25) is 14.5 Å². The van der Waals surface area contributed by atoms with Gasteiger partial charge in [-0.1, -0.05) is 19.1 Å². The second kappa shape index (κ2) is 8.74. The fourth-order valence-electron chi connectivity index (χ4n) is 3.72. The zero-order valence-corrected chi connectivity index (χ0v) is 18.0. The van der Waals surface area contributed by atoms with Crippen molar-refractivity contribution in [1.29, 1.82) is 0 Å². The summed E-state index contributed by atoms with van der Waals surface area (Å²) in [6.45, 7) is 2.82. The third-order valence-corrected chi connectivity index (χ3v) is 5.32. The lowest BCUT2D eigenvalue weighted by atomic mass is 10.0. The van der Waals surface area contributed by atoms with Crippen LogP contribution >= 0.6 is 0 Å². The largest absolute Gasteiger partial charge is 0.494 e. The Labute approximate surface area is 190 Å². The first-order valence-electron chi connectivity index (χ1n) is 10.7. The SMILES string of the molecule is CCCOc1ccc(C2=C(Nc3ccc4c(c3)OCO4)C(=O)N(Cc3ccco3)C2=O)cc1. The number of carbonyl (C=O) groups is 2. The Kier molecular flexibility index (Phi) is 5.48. The number of imide groups is 1. The molecule has 8 heteroatoms. The minimum Gasteiger partial charge on any atom is -0.494 e. The molecule has 0 radical (unpaired) electrons. The number of carbonyl (C=O) groups excluding carboxylic acids is 2. The maximum atomic E-state index is 13.4. The number of amides is 2. The van der Waals surface area contributed by atoms with Crippen LogP contribution in [-0.2, 0) is 16.1 Å². The number of benzene rings is 2. The Balaban J connectivity index is 1.50. The number of ether oxygens (including phenoxy) is 3. The van der Waals surface area contributed by atoms with E-state index in [4.69, 9.17) is 18.6 Å².